The summed E-state index contributed by atoms with van der Waals surface area (Å²) in [5.41, 5.74) is -1.48. The third kappa shape index (κ3) is 2.96. The van der Waals surface area contributed by atoms with E-state index in [9.17, 15) is 22.7 Å². The Morgan fingerprint density at radius 3 is 2.37 bits per heavy atom. The lowest BCUT2D eigenvalue weighted by atomic mass is 10.0. The lowest BCUT2D eigenvalue weighted by Gasteiger charge is -2.16. The van der Waals surface area contributed by atoms with Gasteiger partial charge in [0.05, 0.1) is 5.56 Å². The molecule has 1 heterocycles. The summed E-state index contributed by atoms with van der Waals surface area (Å²) in [7, 11) is 0. The van der Waals surface area contributed by atoms with Crippen LogP contribution in [0.2, 0.25) is 0 Å². The third-order valence-electron chi connectivity index (χ3n) is 2.64. The van der Waals surface area contributed by atoms with Crippen molar-refractivity contribution in [2.24, 2.45) is 0 Å². The van der Waals surface area contributed by atoms with Gasteiger partial charge in [-0.05, 0) is 37.3 Å². The summed E-state index contributed by atoms with van der Waals surface area (Å²) in [5, 5.41) is 10.0. The van der Waals surface area contributed by atoms with Crippen molar-refractivity contribution in [2.75, 3.05) is 0 Å². The molecular formula is C13H10F4OS. The van der Waals surface area contributed by atoms with Crippen molar-refractivity contribution < 1.29 is 22.7 Å². The molecule has 2 aromatic rings. The van der Waals surface area contributed by atoms with Crippen LogP contribution in [-0.4, -0.2) is 5.11 Å². The van der Waals surface area contributed by atoms with E-state index in [4.69, 9.17) is 0 Å². The molecule has 0 fully saturated rings. The van der Waals surface area contributed by atoms with Gasteiger partial charge >= 0.3 is 6.18 Å². The van der Waals surface area contributed by atoms with Crippen LogP contribution in [0.3, 0.4) is 0 Å². The van der Waals surface area contributed by atoms with Crippen molar-refractivity contribution in [2.45, 2.75) is 19.2 Å². The second-order valence-electron chi connectivity index (χ2n) is 4.08. The number of aryl methyl sites for hydroxylation is 1. The molecule has 0 spiro atoms. The molecule has 0 aliphatic carbocycles. The van der Waals surface area contributed by atoms with Gasteiger partial charge in [-0.2, -0.15) is 13.2 Å². The number of thiophene rings is 1. The molecule has 0 saturated heterocycles. The molecule has 1 N–H and O–H groups in total. The van der Waals surface area contributed by atoms with E-state index in [0.29, 0.717) is 10.9 Å². The highest BCUT2D eigenvalue weighted by Gasteiger charge is 2.35. The minimum atomic E-state index is -4.63. The van der Waals surface area contributed by atoms with Crippen molar-refractivity contribution in [3.05, 3.63) is 57.0 Å². The van der Waals surface area contributed by atoms with Gasteiger partial charge in [0.2, 0.25) is 0 Å². The highest BCUT2D eigenvalue weighted by Crippen LogP contribution is 2.38. The lowest BCUT2D eigenvalue weighted by Crippen LogP contribution is -2.12. The molecule has 0 saturated carbocycles. The van der Waals surface area contributed by atoms with Crippen molar-refractivity contribution >= 4 is 11.3 Å². The predicted molar refractivity (Wildman–Crippen MR) is 64.5 cm³/mol. The van der Waals surface area contributed by atoms with E-state index in [0.717, 1.165) is 17.0 Å². The summed E-state index contributed by atoms with van der Waals surface area (Å²) in [5.74, 6) is -0.810. The Balaban J connectivity index is 2.51. The summed E-state index contributed by atoms with van der Waals surface area (Å²) in [4.78, 5) is 1.22. The van der Waals surface area contributed by atoms with Crippen LogP contribution in [0.1, 0.15) is 27.0 Å². The molecule has 19 heavy (non-hydrogen) atoms. The summed E-state index contributed by atoms with van der Waals surface area (Å²) in [6.45, 7) is 1.77. The Kier molecular flexibility index (Phi) is 3.64. The number of benzene rings is 1. The van der Waals surface area contributed by atoms with Crippen LogP contribution in [0, 0.1) is 12.7 Å². The van der Waals surface area contributed by atoms with Crippen LogP contribution in [-0.2, 0) is 6.18 Å². The fourth-order valence-electron chi connectivity index (χ4n) is 1.77. The van der Waals surface area contributed by atoms with Gasteiger partial charge in [0.15, 0.2) is 0 Å². The van der Waals surface area contributed by atoms with E-state index in [-0.39, 0.29) is 0 Å². The van der Waals surface area contributed by atoms with Gasteiger partial charge in [0.25, 0.3) is 0 Å². The SMILES string of the molecule is Cc1ccc(C(O)c2cc(F)ccc2C(F)(F)F)s1. The zero-order valence-electron chi connectivity index (χ0n) is 9.83. The second kappa shape index (κ2) is 4.94. The van der Waals surface area contributed by atoms with Crippen LogP contribution < -0.4 is 0 Å². The molecule has 0 aliphatic heterocycles. The molecular weight excluding hydrogens is 280 g/mol. The molecule has 1 aromatic carbocycles. The number of alkyl halides is 3. The molecule has 0 radical (unpaired) electrons. The molecule has 2 rings (SSSR count). The van der Waals surface area contributed by atoms with Gasteiger partial charge < -0.3 is 5.11 Å². The summed E-state index contributed by atoms with van der Waals surface area (Å²) in [6.07, 6.45) is -6.11. The van der Waals surface area contributed by atoms with Gasteiger partial charge in [0.1, 0.15) is 11.9 Å². The largest absolute Gasteiger partial charge is 0.416 e. The highest BCUT2D eigenvalue weighted by atomic mass is 32.1. The first-order valence-electron chi connectivity index (χ1n) is 5.40. The average Bonchev–Trinajstić information content (AvgIpc) is 2.73. The maximum Gasteiger partial charge on any atom is 0.416 e. The minimum Gasteiger partial charge on any atom is -0.383 e. The molecule has 0 bridgehead atoms. The number of aliphatic hydroxyl groups is 1. The maximum absolute atomic E-state index is 13.1. The summed E-state index contributed by atoms with van der Waals surface area (Å²) < 4.78 is 51.6. The fourth-order valence-corrected chi connectivity index (χ4v) is 2.65. The lowest BCUT2D eigenvalue weighted by molar-refractivity contribution is -0.139. The Hall–Kier alpha value is -1.40. The Morgan fingerprint density at radius 2 is 1.84 bits per heavy atom. The van der Waals surface area contributed by atoms with E-state index in [2.05, 4.69) is 0 Å². The average molecular weight is 290 g/mol. The van der Waals surface area contributed by atoms with Crippen LogP contribution in [0.25, 0.3) is 0 Å². The molecule has 0 amide bonds. The number of aliphatic hydroxyl groups excluding tert-OH is 1. The van der Waals surface area contributed by atoms with Gasteiger partial charge in [-0.3, -0.25) is 0 Å². The molecule has 6 heteroatoms. The molecule has 102 valence electrons. The monoisotopic (exact) mass is 290 g/mol. The molecule has 1 nitrogen and oxygen atoms in total. The molecule has 0 aliphatic rings. The third-order valence-corrected chi connectivity index (χ3v) is 3.70. The smallest absolute Gasteiger partial charge is 0.383 e. The normalized spacial score (nSPS) is 13.6. The van der Waals surface area contributed by atoms with E-state index >= 15 is 0 Å². The molecule has 1 aromatic heterocycles. The maximum atomic E-state index is 13.1. The number of hydrogen-bond donors (Lipinski definition) is 1. The summed E-state index contributed by atoms with van der Waals surface area (Å²) in [6, 6.07) is 5.33. The van der Waals surface area contributed by atoms with Gasteiger partial charge in [-0.15, -0.1) is 11.3 Å². The van der Waals surface area contributed by atoms with Gasteiger partial charge in [-0.1, -0.05) is 0 Å². The van der Waals surface area contributed by atoms with Gasteiger partial charge in [-0.25, -0.2) is 4.39 Å². The standard InChI is InChI=1S/C13H10F4OS/c1-7-2-5-11(19-7)12(18)9-6-8(14)3-4-10(9)13(15,16)17/h2-6,12,18H,1H3. The predicted octanol–water partition coefficient (Wildman–Crippen LogP) is 4.30. The topological polar surface area (TPSA) is 20.2 Å². The number of rotatable bonds is 2. The van der Waals surface area contributed by atoms with Crippen molar-refractivity contribution in [3.63, 3.8) is 0 Å². The minimum absolute atomic E-state index is 0.355. The summed E-state index contributed by atoms with van der Waals surface area (Å²) >= 11 is 1.18. The Morgan fingerprint density at radius 1 is 1.16 bits per heavy atom. The van der Waals surface area contributed by atoms with Crippen molar-refractivity contribution in [1.82, 2.24) is 0 Å². The number of hydrogen-bond acceptors (Lipinski definition) is 2. The first-order valence-corrected chi connectivity index (χ1v) is 6.21. The van der Waals surface area contributed by atoms with Gasteiger partial charge in [0, 0.05) is 15.3 Å². The van der Waals surface area contributed by atoms with Crippen LogP contribution >= 0.6 is 11.3 Å². The van der Waals surface area contributed by atoms with E-state index in [1.165, 1.54) is 17.4 Å². The first-order chi connectivity index (χ1) is 8.79. The van der Waals surface area contributed by atoms with Crippen LogP contribution in [0.5, 0.6) is 0 Å². The van der Waals surface area contributed by atoms with Crippen LogP contribution in [0.4, 0.5) is 17.6 Å². The fraction of sp³-hybridized carbons (Fsp3) is 0.231. The van der Waals surface area contributed by atoms with Crippen molar-refractivity contribution in [3.8, 4) is 0 Å². The Bertz CT molecular complexity index is 589. The zero-order valence-corrected chi connectivity index (χ0v) is 10.6. The highest BCUT2D eigenvalue weighted by molar-refractivity contribution is 7.12. The molecule has 1 atom stereocenters. The Labute approximate surface area is 111 Å². The van der Waals surface area contributed by atoms with Crippen molar-refractivity contribution in [1.29, 1.82) is 0 Å². The van der Waals surface area contributed by atoms with Crippen LogP contribution in [0.15, 0.2) is 30.3 Å². The van der Waals surface area contributed by atoms with E-state index in [1.54, 1.807) is 13.0 Å². The quantitative estimate of drug-likeness (QED) is 0.818. The number of halogens is 4. The first kappa shape index (κ1) is 14.0. The molecule has 1 unspecified atom stereocenters. The van der Waals surface area contributed by atoms with E-state index < -0.39 is 29.2 Å². The zero-order chi connectivity index (χ0) is 14.2. The second-order valence-corrected chi connectivity index (χ2v) is 5.40. The van der Waals surface area contributed by atoms with E-state index in [1.807, 2.05) is 0 Å².